The van der Waals surface area contributed by atoms with E-state index >= 15 is 0 Å². The van der Waals surface area contributed by atoms with E-state index < -0.39 is 29.0 Å². The molecule has 9 heteroatoms. The molecule has 1 aliphatic heterocycles. The summed E-state index contributed by atoms with van der Waals surface area (Å²) >= 11 is 0. The summed E-state index contributed by atoms with van der Waals surface area (Å²) in [5, 5.41) is 3.29. The number of pyridine rings is 1. The summed E-state index contributed by atoms with van der Waals surface area (Å²) in [4.78, 5) is 44.5. The van der Waals surface area contributed by atoms with Crippen molar-refractivity contribution in [2.45, 2.75) is 73.3 Å². The van der Waals surface area contributed by atoms with Gasteiger partial charge in [0.1, 0.15) is 17.1 Å². The highest BCUT2D eigenvalue weighted by Crippen LogP contribution is 2.39. The number of carbonyl (C=O) groups excluding carboxylic acids is 2. The Kier molecular flexibility index (Phi) is 7.29. The number of fused-ring (bicyclic) bond motifs is 2. The quantitative estimate of drug-likeness (QED) is 0.593. The Morgan fingerprint density at radius 1 is 1.14 bits per heavy atom. The summed E-state index contributed by atoms with van der Waals surface area (Å²) in [5.74, 6) is -2.88. The molecule has 190 valence electrons. The van der Waals surface area contributed by atoms with Crippen LogP contribution in [0.1, 0.15) is 71.9 Å². The van der Waals surface area contributed by atoms with E-state index in [9.17, 15) is 14.4 Å². The first-order chi connectivity index (χ1) is 16.3. The van der Waals surface area contributed by atoms with Crippen LogP contribution < -0.4 is 15.6 Å². The van der Waals surface area contributed by atoms with Crippen molar-refractivity contribution in [2.24, 2.45) is 5.41 Å². The summed E-state index contributed by atoms with van der Waals surface area (Å²) in [6.45, 7) is 15.6. The van der Waals surface area contributed by atoms with Crippen LogP contribution >= 0.6 is 0 Å². The van der Waals surface area contributed by atoms with Gasteiger partial charge in [-0.15, -0.1) is 0 Å². The van der Waals surface area contributed by atoms with Gasteiger partial charge in [-0.3, -0.25) is 14.0 Å². The van der Waals surface area contributed by atoms with Crippen LogP contribution in [0.15, 0.2) is 34.6 Å². The van der Waals surface area contributed by atoms with Gasteiger partial charge in [-0.2, -0.15) is 4.98 Å². The van der Waals surface area contributed by atoms with Crippen LogP contribution in [0.3, 0.4) is 0 Å². The molecule has 0 amide bonds. The third kappa shape index (κ3) is 5.66. The van der Waals surface area contributed by atoms with Crippen LogP contribution in [0.4, 0.5) is 0 Å². The number of aromatic nitrogens is 2. The Morgan fingerprint density at radius 2 is 1.80 bits per heavy atom. The molecule has 0 fully saturated rings. The van der Waals surface area contributed by atoms with Gasteiger partial charge in [0.2, 0.25) is 11.8 Å². The minimum atomic E-state index is -1.36. The fourth-order valence-corrected chi connectivity index (χ4v) is 4.64. The molecule has 1 aliphatic rings. The molecule has 3 heterocycles. The normalized spacial score (nSPS) is 15.9. The predicted molar refractivity (Wildman–Crippen MR) is 131 cm³/mol. The van der Waals surface area contributed by atoms with Crippen molar-refractivity contribution in [3.63, 3.8) is 0 Å². The van der Waals surface area contributed by atoms with E-state index in [4.69, 9.17) is 14.2 Å². The molecule has 1 atom stereocenters. The minimum Gasteiger partial charge on any atom is -0.465 e. The standard InChI is InChI=1S/C26H35N3O6/c1-9-33-23(31)17-18-20(27-16-13-15(3)11-12-29(16)22(18)30)35-21(19(17)24(32)34-10-2)28-26(7,8)14-25(4,5)6/h11-13,17,28H,9-10,14H2,1-8H3. The summed E-state index contributed by atoms with van der Waals surface area (Å²) in [7, 11) is 0. The van der Waals surface area contributed by atoms with Gasteiger partial charge in [0.05, 0.1) is 18.8 Å². The smallest absolute Gasteiger partial charge is 0.340 e. The first-order valence-electron chi connectivity index (χ1n) is 11.8. The van der Waals surface area contributed by atoms with Crippen molar-refractivity contribution >= 4 is 17.6 Å². The van der Waals surface area contributed by atoms with E-state index in [1.54, 1.807) is 32.2 Å². The highest BCUT2D eigenvalue weighted by Gasteiger charge is 2.45. The Bertz CT molecular complexity index is 1240. The molecule has 0 radical (unpaired) electrons. The maximum atomic E-state index is 13.5. The van der Waals surface area contributed by atoms with Crippen molar-refractivity contribution in [3.8, 4) is 5.88 Å². The maximum absolute atomic E-state index is 13.5. The zero-order valence-electron chi connectivity index (χ0n) is 21.8. The van der Waals surface area contributed by atoms with Crippen LogP contribution in [0, 0.1) is 12.3 Å². The molecule has 0 saturated heterocycles. The monoisotopic (exact) mass is 485 g/mol. The van der Waals surface area contributed by atoms with Crippen LogP contribution in [0.2, 0.25) is 0 Å². The van der Waals surface area contributed by atoms with Gasteiger partial charge in [0, 0.05) is 11.7 Å². The average molecular weight is 486 g/mol. The van der Waals surface area contributed by atoms with E-state index in [2.05, 4.69) is 31.1 Å². The van der Waals surface area contributed by atoms with Crippen molar-refractivity contribution < 1.29 is 23.8 Å². The van der Waals surface area contributed by atoms with Crippen molar-refractivity contribution in [1.29, 1.82) is 0 Å². The fourth-order valence-electron chi connectivity index (χ4n) is 4.64. The molecule has 0 aromatic carbocycles. The van der Waals surface area contributed by atoms with Crippen LogP contribution in [-0.4, -0.2) is 40.1 Å². The van der Waals surface area contributed by atoms with E-state index in [1.807, 2.05) is 20.8 Å². The second-order valence-electron chi connectivity index (χ2n) is 10.6. The molecule has 0 bridgehead atoms. The van der Waals surface area contributed by atoms with Gasteiger partial charge in [0.25, 0.3) is 5.56 Å². The molecular weight excluding hydrogens is 450 g/mol. The number of hydrogen-bond donors (Lipinski definition) is 1. The van der Waals surface area contributed by atoms with Crippen LogP contribution in [-0.2, 0) is 19.1 Å². The lowest BCUT2D eigenvalue weighted by molar-refractivity contribution is -0.148. The lowest BCUT2D eigenvalue weighted by Crippen LogP contribution is -2.46. The first kappa shape index (κ1) is 26.2. The summed E-state index contributed by atoms with van der Waals surface area (Å²) < 4.78 is 18.0. The van der Waals surface area contributed by atoms with Crippen molar-refractivity contribution in [1.82, 2.24) is 14.7 Å². The Balaban J connectivity index is 2.29. The number of carbonyl (C=O) groups is 2. The van der Waals surface area contributed by atoms with Gasteiger partial charge in [-0.25, -0.2) is 4.79 Å². The number of aryl methyl sites for hydroxylation is 1. The first-order valence-corrected chi connectivity index (χ1v) is 11.8. The molecule has 35 heavy (non-hydrogen) atoms. The number of nitrogens with zero attached hydrogens (tertiary/aromatic N) is 2. The number of rotatable bonds is 7. The Hall–Kier alpha value is -3.36. The van der Waals surface area contributed by atoms with Crippen LogP contribution in [0.5, 0.6) is 5.88 Å². The Morgan fingerprint density at radius 3 is 2.40 bits per heavy atom. The molecule has 2 aromatic heterocycles. The summed E-state index contributed by atoms with van der Waals surface area (Å²) in [6.07, 6.45) is 2.29. The Labute approximate surface area is 205 Å². The zero-order valence-corrected chi connectivity index (χ0v) is 21.8. The molecule has 1 unspecified atom stereocenters. The van der Waals surface area contributed by atoms with Gasteiger partial charge >= 0.3 is 11.9 Å². The molecule has 1 N–H and O–H groups in total. The second kappa shape index (κ2) is 9.71. The third-order valence-electron chi connectivity index (χ3n) is 5.45. The van der Waals surface area contributed by atoms with Crippen LogP contribution in [0.25, 0.3) is 5.65 Å². The molecule has 3 rings (SSSR count). The van der Waals surface area contributed by atoms with E-state index in [0.29, 0.717) is 12.1 Å². The summed E-state index contributed by atoms with van der Waals surface area (Å²) in [6, 6.07) is 3.50. The van der Waals surface area contributed by atoms with E-state index in [0.717, 1.165) is 5.56 Å². The average Bonchev–Trinajstić information content (AvgIpc) is 2.70. The maximum Gasteiger partial charge on any atom is 0.340 e. The molecule has 9 nitrogen and oxygen atoms in total. The largest absolute Gasteiger partial charge is 0.465 e. The second-order valence-corrected chi connectivity index (χ2v) is 10.6. The number of nitrogens with one attached hydrogen (secondary N) is 1. The van der Waals surface area contributed by atoms with E-state index in [1.165, 1.54) is 4.40 Å². The minimum absolute atomic E-state index is 0.0344. The topological polar surface area (TPSA) is 108 Å². The van der Waals surface area contributed by atoms with Gasteiger partial charge in [-0.05, 0) is 64.2 Å². The van der Waals surface area contributed by atoms with Gasteiger partial charge in [-0.1, -0.05) is 20.8 Å². The zero-order chi connectivity index (χ0) is 26.1. The number of ether oxygens (including phenoxy) is 3. The number of esters is 2. The van der Waals surface area contributed by atoms with Crippen molar-refractivity contribution in [2.75, 3.05) is 13.2 Å². The van der Waals surface area contributed by atoms with Gasteiger partial charge in [0.15, 0.2) is 0 Å². The third-order valence-corrected chi connectivity index (χ3v) is 5.45. The lowest BCUT2D eigenvalue weighted by atomic mass is 9.81. The van der Waals surface area contributed by atoms with Gasteiger partial charge < -0.3 is 19.5 Å². The van der Waals surface area contributed by atoms with E-state index in [-0.39, 0.29) is 41.5 Å². The lowest BCUT2D eigenvalue weighted by Gasteiger charge is -2.37. The molecular formula is C26H35N3O6. The predicted octanol–water partition coefficient (Wildman–Crippen LogP) is 3.62. The van der Waals surface area contributed by atoms with Crippen molar-refractivity contribution in [3.05, 3.63) is 51.3 Å². The summed E-state index contributed by atoms with van der Waals surface area (Å²) in [5.41, 5.74) is 0.00532. The molecule has 0 aliphatic carbocycles. The SMILES string of the molecule is CCOC(=O)C1=C(NC(C)(C)CC(C)(C)C)Oc2nc3cc(C)ccn3c(=O)c2C1C(=O)OCC. The molecule has 0 saturated carbocycles. The molecule has 2 aromatic rings. The highest BCUT2D eigenvalue weighted by atomic mass is 16.5. The molecule has 0 spiro atoms. The fraction of sp³-hybridized carbons (Fsp3) is 0.538. The highest BCUT2D eigenvalue weighted by molar-refractivity contribution is 6.00. The number of hydrogen-bond acceptors (Lipinski definition) is 8.